The summed E-state index contributed by atoms with van der Waals surface area (Å²) in [6.07, 6.45) is 4.10. The zero-order chi connectivity index (χ0) is 19.7. The van der Waals surface area contributed by atoms with Crippen LogP contribution in [-0.2, 0) is 10.0 Å². The average molecular weight is 397 g/mol. The normalized spacial score (nSPS) is 11.5. The molecule has 0 unspecified atom stereocenters. The first-order chi connectivity index (χ1) is 13.4. The molecule has 0 atom stereocenters. The average Bonchev–Trinajstić information content (AvgIpc) is 3.20. The molecule has 0 amide bonds. The zero-order valence-corrected chi connectivity index (χ0v) is 15.1. The van der Waals surface area contributed by atoms with Crippen LogP contribution >= 0.6 is 0 Å². The van der Waals surface area contributed by atoms with E-state index in [2.05, 4.69) is 10.1 Å². The van der Waals surface area contributed by atoms with Gasteiger partial charge in [-0.05, 0) is 48.0 Å². The molecule has 2 aromatic heterocycles. The van der Waals surface area contributed by atoms with Gasteiger partial charge in [-0.1, -0.05) is 18.2 Å². The maximum absolute atomic E-state index is 14.1. The van der Waals surface area contributed by atoms with E-state index in [1.807, 2.05) is 0 Å². The summed E-state index contributed by atoms with van der Waals surface area (Å²) < 4.78 is 54.0. The highest BCUT2D eigenvalue weighted by Gasteiger charge is 2.22. The number of hydrogen-bond donors (Lipinski definition) is 0. The fraction of sp³-hybridized carbons (Fsp3) is 0. The highest BCUT2D eigenvalue weighted by atomic mass is 32.2. The van der Waals surface area contributed by atoms with Crippen LogP contribution in [0, 0.1) is 11.6 Å². The highest BCUT2D eigenvalue weighted by molar-refractivity contribution is 7.89. The Labute approximate surface area is 160 Å². The van der Waals surface area contributed by atoms with E-state index in [4.69, 9.17) is 0 Å². The lowest BCUT2D eigenvalue weighted by molar-refractivity contribution is 0.556. The van der Waals surface area contributed by atoms with E-state index >= 15 is 0 Å². The number of aromatic nitrogens is 3. The number of pyridine rings is 1. The molecule has 2 aromatic carbocycles. The lowest BCUT2D eigenvalue weighted by Gasteiger charge is -2.06. The molecule has 4 aromatic rings. The largest absolute Gasteiger partial charge is 0.285 e. The number of rotatable bonds is 4. The topological polar surface area (TPSA) is 64.8 Å². The van der Waals surface area contributed by atoms with Crippen molar-refractivity contribution in [1.82, 2.24) is 14.2 Å². The molecule has 28 heavy (non-hydrogen) atoms. The Balaban J connectivity index is 1.76. The van der Waals surface area contributed by atoms with Crippen LogP contribution in [0.3, 0.4) is 0 Å². The van der Waals surface area contributed by atoms with Crippen LogP contribution in [-0.4, -0.2) is 22.6 Å². The Hall–Kier alpha value is -3.39. The van der Waals surface area contributed by atoms with Crippen molar-refractivity contribution in [2.75, 3.05) is 0 Å². The van der Waals surface area contributed by atoms with Crippen molar-refractivity contribution in [2.45, 2.75) is 4.90 Å². The summed E-state index contributed by atoms with van der Waals surface area (Å²) in [5.74, 6) is -1.37. The van der Waals surface area contributed by atoms with Gasteiger partial charge >= 0.3 is 0 Å². The van der Waals surface area contributed by atoms with E-state index in [-0.39, 0.29) is 0 Å². The van der Waals surface area contributed by atoms with Crippen LogP contribution in [0.5, 0.6) is 0 Å². The fourth-order valence-corrected chi connectivity index (χ4v) is 3.97. The zero-order valence-electron chi connectivity index (χ0n) is 14.3. The van der Waals surface area contributed by atoms with Crippen LogP contribution in [0.25, 0.3) is 22.4 Å². The molecular weight excluding hydrogens is 384 g/mol. The van der Waals surface area contributed by atoms with Gasteiger partial charge in [-0.3, -0.25) is 4.98 Å². The second-order valence-corrected chi connectivity index (χ2v) is 7.74. The molecule has 0 bridgehead atoms. The van der Waals surface area contributed by atoms with Gasteiger partial charge in [0.15, 0.2) is 0 Å². The van der Waals surface area contributed by atoms with Crippen molar-refractivity contribution in [3.63, 3.8) is 0 Å². The van der Waals surface area contributed by atoms with Gasteiger partial charge < -0.3 is 0 Å². The van der Waals surface area contributed by atoms with Gasteiger partial charge in [-0.25, -0.2) is 8.78 Å². The molecule has 0 aliphatic carbocycles. The van der Waals surface area contributed by atoms with E-state index in [0.29, 0.717) is 26.5 Å². The summed E-state index contributed by atoms with van der Waals surface area (Å²) >= 11 is 0. The smallest absolute Gasteiger partial charge is 0.256 e. The summed E-state index contributed by atoms with van der Waals surface area (Å²) in [6.45, 7) is 0. The standard InChI is InChI=1S/C20H13F2N3O2S/c21-17-10-14(9-15(11-17)19-6-3-4-8-23-19)16-12-24-25(13-16)28(26,27)20-7-2-1-5-18(20)22/h1-13H. The Kier molecular flexibility index (Phi) is 4.48. The monoisotopic (exact) mass is 397 g/mol. The van der Waals surface area contributed by atoms with Crippen molar-refractivity contribution < 1.29 is 17.2 Å². The van der Waals surface area contributed by atoms with E-state index in [1.165, 1.54) is 36.7 Å². The van der Waals surface area contributed by atoms with Crippen LogP contribution in [0.15, 0.2) is 84.1 Å². The minimum Gasteiger partial charge on any atom is -0.256 e. The van der Waals surface area contributed by atoms with Gasteiger partial charge in [0, 0.05) is 17.3 Å². The van der Waals surface area contributed by atoms with Crippen LogP contribution in [0.4, 0.5) is 8.78 Å². The Bertz CT molecular complexity index is 1260. The second-order valence-electron chi connectivity index (χ2n) is 5.98. The van der Waals surface area contributed by atoms with Gasteiger partial charge in [0.05, 0.1) is 18.1 Å². The summed E-state index contributed by atoms with van der Waals surface area (Å²) in [4.78, 5) is 3.71. The molecule has 4 rings (SSSR count). The molecule has 0 aliphatic rings. The maximum Gasteiger partial charge on any atom is 0.285 e. The molecule has 5 nitrogen and oxygen atoms in total. The number of nitrogens with zero attached hydrogens (tertiary/aromatic N) is 3. The van der Waals surface area contributed by atoms with Gasteiger partial charge in [-0.15, -0.1) is 0 Å². The van der Waals surface area contributed by atoms with E-state index in [1.54, 1.807) is 30.5 Å². The first-order valence-electron chi connectivity index (χ1n) is 8.22. The lowest BCUT2D eigenvalue weighted by Crippen LogP contribution is -2.14. The summed E-state index contributed by atoms with van der Waals surface area (Å²) in [5, 5.41) is 3.84. The van der Waals surface area contributed by atoms with Crippen LogP contribution in [0.2, 0.25) is 0 Å². The van der Waals surface area contributed by atoms with Gasteiger partial charge in [0.1, 0.15) is 16.5 Å². The van der Waals surface area contributed by atoms with E-state index in [0.717, 1.165) is 12.1 Å². The third kappa shape index (κ3) is 3.29. The first kappa shape index (κ1) is 18.0. The maximum atomic E-state index is 14.1. The number of hydrogen-bond acceptors (Lipinski definition) is 4. The SMILES string of the molecule is O=S(=O)(c1ccccc1F)n1cc(-c2cc(F)cc(-c3ccccn3)c2)cn1. The predicted molar refractivity (Wildman–Crippen MR) is 99.8 cm³/mol. The van der Waals surface area contributed by atoms with Crippen molar-refractivity contribution >= 4 is 10.0 Å². The first-order valence-corrected chi connectivity index (χ1v) is 9.66. The highest BCUT2D eigenvalue weighted by Crippen LogP contribution is 2.27. The molecule has 0 aliphatic heterocycles. The van der Waals surface area contributed by atoms with Crippen LogP contribution < -0.4 is 0 Å². The van der Waals surface area contributed by atoms with Crippen molar-refractivity contribution in [3.05, 3.63) is 90.9 Å². The van der Waals surface area contributed by atoms with Gasteiger partial charge in [0.2, 0.25) is 0 Å². The van der Waals surface area contributed by atoms with Crippen molar-refractivity contribution in [3.8, 4) is 22.4 Å². The molecule has 0 saturated heterocycles. The summed E-state index contributed by atoms with van der Waals surface area (Å²) in [5.41, 5.74) is 1.92. The molecule has 0 spiro atoms. The Morgan fingerprint density at radius 3 is 2.36 bits per heavy atom. The van der Waals surface area contributed by atoms with Gasteiger partial charge in [-0.2, -0.15) is 17.6 Å². The van der Waals surface area contributed by atoms with Crippen LogP contribution in [0.1, 0.15) is 0 Å². The van der Waals surface area contributed by atoms with Crippen molar-refractivity contribution in [1.29, 1.82) is 0 Å². The molecule has 8 heteroatoms. The third-order valence-corrected chi connectivity index (χ3v) is 5.69. The number of halogens is 2. The lowest BCUT2D eigenvalue weighted by atomic mass is 10.0. The quantitative estimate of drug-likeness (QED) is 0.519. The summed E-state index contributed by atoms with van der Waals surface area (Å²) in [6, 6.07) is 14.6. The molecule has 0 fully saturated rings. The Morgan fingerprint density at radius 2 is 1.61 bits per heavy atom. The molecule has 140 valence electrons. The van der Waals surface area contributed by atoms with E-state index < -0.39 is 26.6 Å². The second kappa shape index (κ2) is 6.97. The molecule has 0 radical (unpaired) electrons. The third-order valence-electron chi connectivity index (χ3n) is 4.11. The fourth-order valence-electron chi connectivity index (χ4n) is 2.78. The minimum absolute atomic E-state index is 0.372. The predicted octanol–water partition coefficient (Wildman–Crippen LogP) is 4.13. The Morgan fingerprint density at radius 1 is 0.857 bits per heavy atom. The number of benzene rings is 2. The minimum atomic E-state index is -4.20. The van der Waals surface area contributed by atoms with Crippen molar-refractivity contribution in [2.24, 2.45) is 0 Å². The van der Waals surface area contributed by atoms with E-state index in [9.17, 15) is 17.2 Å². The summed E-state index contributed by atoms with van der Waals surface area (Å²) in [7, 11) is -4.20. The molecule has 0 N–H and O–H groups in total. The molecule has 2 heterocycles. The molecule has 0 saturated carbocycles. The molecular formula is C20H13F2N3O2S. The van der Waals surface area contributed by atoms with Gasteiger partial charge in [0.25, 0.3) is 10.0 Å².